The lowest BCUT2D eigenvalue weighted by Crippen LogP contribution is -2.36. The number of rotatable bonds is 5. The second kappa shape index (κ2) is 8.75. The first kappa shape index (κ1) is 20.4. The van der Waals surface area contributed by atoms with Crippen molar-refractivity contribution in [1.29, 1.82) is 0 Å². The third kappa shape index (κ3) is 4.20. The van der Waals surface area contributed by atoms with Crippen LogP contribution >= 0.6 is 22.9 Å². The van der Waals surface area contributed by atoms with E-state index < -0.39 is 23.8 Å². The fourth-order valence-corrected chi connectivity index (χ4v) is 4.63. The predicted molar refractivity (Wildman–Crippen MR) is 108 cm³/mol. The average Bonchev–Trinajstić information content (AvgIpc) is 3.11. The maximum absolute atomic E-state index is 12.8. The first-order chi connectivity index (χ1) is 13.4. The van der Waals surface area contributed by atoms with Crippen molar-refractivity contribution in [1.82, 2.24) is 0 Å². The first-order valence-corrected chi connectivity index (χ1v) is 10.2. The van der Waals surface area contributed by atoms with Crippen LogP contribution in [-0.2, 0) is 14.3 Å². The van der Waals surface area contributed by atoms with E-state index in [9.17, 15) is 19.5 Å². The van der Waals surface area contributed by atoms with Gasteiger partial charge in [-0.3, -0.25) is 9.59 Å². The lowest BCUT2D eigenvalue weighted by molar-refractivity contribution is -0.147. The van der Waals surface area contributed by atoms with Gasteiger partial charge in [-0.15, -0.1) is 11.3 Å². The van der Waals surface area contributed by atoms with Crippen LogP contribution in [0.3, 0.4) is 0 Å². The quantitative estimate of drug-likeness (QED) is 0.683. The van der Waals surface area contributed by atoms with Crippen molar-refractivity contribution in [3.63, 3.8) is 0 Å². The Balaban J connectivity index is 1.91. The first-order valence-electron chi connectivity index (χ1n) is 8.91. The third-order valence-corrected chi connectivity index (χ3v) is 6.14. The minimum absolute atomic E-state index is 0.255. The SMILES string of the molecule is COC(=O)c1c(-c2ccc(Cl)cc2)csc1NC(=O)[C@@H]1CCCC[C@@H]1C(=O)O. The number of benzene rings is 1. The molecule has 148 valence electrons. The number of carboxylic acid groups (broad SMARTS) is 1. The number of nitrogens with one attached hydrogen (secondary N) is 1. The van der Waals surface area contributed by atoms with E-state index in [1.807, 2.05) is 0 Å². The van der Waals surface area contributed by atoms with E-state index in [1.165, 1.54) is 18.4 Å². The number of halogens is 1. The maximum atomic E-state index is 12.8. The summed E-state index contributed by atoms with van der Waals surface area (Å²) in [4.78, 5) is 36.7. The molecule has 0 bridgehead atoms. The Labute approximate surface area is 171 Å². The molecule has 2 atom stereocenters. The average molecular weight is 422 g/mol. The number of thiophene rings is 1. The van der Waals surface area contributed by atoms with Crippen LogP contribution in [0.4, 0.5) is 5.00 Å². The second-order valence-electron chi connectivity index (χ2n) is 6.68. The Morgan fingerprint density at radius 1 is 1.14 bits per heavy atom. The van der Waals surface area contributed by atoms with Crippen LogP contribution in [0.25, 0.3) is 11.1 Å². The van der Waals surface area contributed by atoms with Gasteiger partial charge in [0.2, 0.25) is 5.91 Å². The molecular weight excluding hydrogens is 402 g/mol. The molecule has 6 nitrogen and oxygen atoms in total. The molecule has 0 saturated heterocycles. The normalized spacial score (nSPS) is 19.1. The second-order valence-corrected chi connectivity index (χ2v) is 7.99. The van der Waals surface area contributed by atoms with E-state index in [1.54, 1.807) is 29.6 Å². The van der Waals surface area contributed by atoms with Crippen LogP contribution in [0.5, 0.6) is 0 Å². The van der Waals surface area contributed by atoms with Gasteiger partial charge < -0.3 is 15.2 Å². The number of esters is 1. The minimum Gasteiger partial charge on any atom is -0.481 e. The van der Waals surface area contributed by atoms with E-state index in [2.05, 4.69) is 5.32 Å². The highest BCUT2D eigenvalue weighted by Gasteiger charge is 2.36. The summed E-state index contributed by atoms with van der Waals surface area (Å²) in [6, 6.07) is 6.99. The number of hydrogen-bond donors (Lipinski definition) is 2. The number of hydrogen-bond acceptors (Lipinski definition) is 5. The highest BCUT2D eigenvalue weighted by Crippen LogP contribution is 2.38. The lowest BCUT2D eigenvalue weighted by Gasteiger charge is -2.27. The molecule has 28 heavy (non-hydrogen) atoms. The molecule has 2 N–H and O–H groups in total. The fraction of sp³-hybridized carbons (Fsp3) is 0.350. The third-order valence-electron chi connectivity index (χ3n) is 4.99. The van der Waals surface area contributed by atoms with Gasteiger partial charge in [0.05, 0.1) is 18.9 Å². The summed E-state index contributed by atoms with van der Waals surface area (Å²) < 4.78 is 4.90. The van der Waals surface area contributed by atoms with E-state index in [4.69, 9.17) is 16.3 Å². The molecule has 1 fully saturated rings. The summed E-state index contributed by atoms with van der Waals surface area (Å²) in [7, 11) is 1.28. The van der Waals surface area contributed by atoms with Crippen LogP contribution in [0.2, 0.25) is 5.02 Å². The standard InChI is InChI=1S/C20H20ClNO5S/c1-27-20(26)16-15(11-6-8-12(21)9-7-11)10-28-18(16)22-17(23)13-4-2-3-5-14(13)19(24)25/h6-10,13-14H,2-5H2,1H3,(H,22,23)(H,24,25)/t13-,14+/m1/s1. The van der Waals surface area contributed by atoms with Gasteiger partial charge in [0.1, 0.15) is 10.6 Å². The van der Waals surface area contributed by atoms with Gasteiger partial charge >= 0.3 is 11.9 Å². The Morgan fingerprint density at radius 3 is 2.39 bits per heavy atom. The maximum Gasteiger partial charge on any atom is 0.341 e. The van der Waals surface area contributed by atoms with E-state index >= 15 is 0 Å². The molecule has 1 aromatic carbocycles. The van der Waals surface area contributed by atoms with Crippen molar-refractivity contribution in [3.05, 3.63) is 40.2 Å². The van der Waals surface area contributed by atoms with Gasteiger partial charge in [0, 0.05) is 16.0 Å². The van der Waals surface area contributed by atoms with E-state index in [0.29, 0.717) is 28.4 Å². The zero-order chi connectivity index (χ0) is 20.3. The van der Waals surface area contributed by atoms with Crippen molar-refractivity contribution in [3.8, 4) is 11.1 Å². The van der Waals surface area contributed by atoms with E-state index in [-0.39, 0.29) is 11.5 Å². The minimum atomic E-state index is -0.957. The van der Waals surface area contributed by atoms with Crippen molar-refractivity contribution in [2.75, 3.05) is 12.4 Å². The Hall–Kier alpha value is -2.38. The Kier molecular flexibility index (Phi) is 6.36. The molecule has 2 aromatic rings. The smallest absolute Gasteiger partial charge is 0.341 e. The van der Waals surface area contributed by atoms with E-state index in [0.717, 1.165) is 18.4 Å². The van der Waals surface area contributed by atoms with Gasteiger partial charge in [0.15, 0.2) is 0 Å². The number of carboxylic acids is 1. The van der Waals surface area contributed by atoms with Crippen LogP contribution in [0, 0.1) is 11.8 Å². The van der Waals surface area contributed by atoms with Gasteiger partial charge in [-0.25, -0.2) is 4.79 Å². The van der Waals surface area contributed by atoms with Crippen LogP contribution in [-0.4, -0.2) is 30.1 Å². The van der Waals surface area contributed by atoms with Crippen molar-refractivity contribution < 1.29 is 24.2 Å². The number of amides is 1. The van der Waals surface area contributed by atoms with Crippen LogP contribution < -0.4 is 5.32 Å². The monoisotopic (exact) mass is 421 g/mol. The molecule has 1 aliphatic carbocycles. The number of anilines is 1. The fourth-order valence-electron chi connectivity index (χ4n) is 3.54. The molecule has 3 rings (SSSR count). The van der Waals surface area contributed by atoms with Gasteiger partial charge in [-0.1, -0.05) is 36.6 Å². The molecular formula is C20H20ClNO5S. The summed E-state index contributed by atoms with van der Waals surface area (Å²) in [6.07, 6.45) is 2.61. The summed E-state index contributed by atoms with van der Waals surface area (Å²) in [5.74, 6) is -3.22. The molecule has 1 saturated carbocycles. The summed E-state index contributed by atoms with van der Waals surface area (Å²) in [5.41, 5.74) is 1.65. The molecule has 0 radical (unpaired) electrons. The Morgan fingerprint density at radius 2 is 1.79 bits per heavy atom. The number of carbonyl (C=O) groups is 3. The molecule has 0 unspecified atom stereocenters. The molecule has 1 amide bonds. The highest BCUT2D eigenvalue weighted by molar-refractivity contribution is 7.15. The zero-order valence-electron chi connectivity index (χ0n) is 15.2. The summed E-state index contributed by atoms with van der Waals surface area (Å²) >= 11 is 7.14. The van der Waals surface area contributed by atoms with Crippen LogP contribution in [0.1, 0.15) is 36.0 Å². The number of methoxy groups -OCH3 is 1. The summed E-state index contributed by atoms with van der Waals surface area (Å²) in [6.45, 7) is 0. The molecule has 1 aliphatic rings. The van der Waals surface area contributed by atoms with Gasteiger partial charge in [-0.05, 0) is 30.5 Å². The molecule has 8 heteroatoms. The van der Waals surface area contributed by atoms with Crippen molar-refractivity contribution >= 4 is 45.8 Å². The largest absolute Gasteiger partial charge is 0.481 e. The van der Waals surface area contributed by atoms with Crippen molar-refractivity contribution in [2.24, 2.45) is 11.8 Å². The highest BCUT2D eigenvalue weighted by atomic mass is 35.5. The Bertz CT molecular complexity index is 893. The molecule has 1 aromatic heterocycles. The molecule has 0 spiro atoms. The predicted octanol–water partition coefficient (Wildman–Crippen LogP) is 4.68. The van der Waals surface area contributed by atoms with Crippen LogP contribution in [0.15, 0.2) is 29.6 Å². The zero-order valence-corrected chi connectivity index (χ0v) is 16.8. The number of ether oxygens (including phenoxy) is 1. The van der Waals surface area contributed by atoms with Gasteiger partial charge in [0.25, 0.3) is 0 Å². The number of carbonyl (C=O) groups excluding carboxylic acids is 2. The van der Waals surface area contributed by atoms with Crippen molar-refractivity contribution in [2.45, 2.75) is 25.7 Å². The molecule has 0 aliphatic heterocycles. The number of aliphatic carboxylic acids is 1. The van der Waals surface area contributed by atoms with Gasteiger partial charge in [-0.2, -0.15) is 0 Å². The summed E-state index contributed by atoms with van der Waals surface area (Å²) in [5, 5.41) is 14.9. The topological polar surface area (TPSA) is 92.7 Å². The lowest BCUT2D eigenvalue weighted by atomic mass is 9.79. The molecule has 1 heterocycles.